The zero-order valence-electron chi connectivity index (χ0n) is 9.77. The molecular formula is C10H17N3O2S2. The van der Waals surface area contributed by atoms with Crippen LogP contribution in [0.3, 0.4) is 0 Å². The van der Waals surface area contributed by atoms with Crippen molar-refractivity contribution in [3.05, 3.63) is 16.1 Å². The number of nitrogens with one attached hydrogen (secondary N) is 2. The molecule has 1 aromatic heterocycles. The highest BCUT2D eigenvalue weighted by atomic mass is 32.2. The van der Waals surface area contributed by atoms with Crippen LogP contribution in [-0.4, -0.2) is 31.7 Å². The Bertz CT molecular complexity index is 464. The van der Waals surface area contributed by atoms with E-state index in [1.807, 2.05) is 6.92 Å². The molecule has 2 rings (SSSR count). The van der Waals surface area contributed by atoms with Gasteiger partial charge in [0.05, 0.1) is 12.3 Å². The first kappa shape index (κ1) is 12.9. The summed E-state index contributed by atoms with van der Waals surface area (Å²) in [6.07, 6.45) is 3.76. The zero-order valence-corrected chi connectivity index (χ0v) is 11.4. The van der Waals surface area contributed by atoms with Gasteiger partial charge in [0.25, 0.3) is 0 Å². The quantitative estimate of drug-likeness (QED) is 0.826. The Kier molecular flexibility index (Phi) is 4.13. The standard InChI is InChI=1S/C10H17N3O2S2/c1-8-5-12-10(16-8)6-13-17(14,15)7-9-3-2-4-11-9/h5,9,11,13H,2-4,6-7H2,1H3. The third kappa shape index (κ3) is 4.02. The van der Waals surface area contributed by atoms with Crippen LogP contribution in [0.1, 0.15) is 22.7 Å². The number of sulfonamides is 1. The SMILES string of the molecule is Cc1cnc(CNS(=O)(=O)CC2CCCN2)s1. The summed E-state index contributed by atoms with van der Waals surface area (Å²) in [5.41, 5.74) is 0. The van der Waals surface area contributed by atoms with Gasteiger partial charge in [-0.3, -0.25) is 0 Å². The fourth-order valence-corrected chi connectivity index (χ4v) is 3.98. The Hall–Kier alpha value is -0.500. The molecule has 2 N–H and O–H groups in total. The maximum atomic E-state index is 11.8. The van der Waals surface area contributed by atoms with Gasteiger partial charge in [0, 0.05) is 17.1 Å². The maximum absolute atomic E-state index is 11.8. The Labute approximate surface area is 106 Å². The monoisotopic (exact) mass is 275 g/mol. The smallest absolute Gasteiger partial charge is 0.213 e. The average molecular weight is 275 g/mol. The van der Waals surface area contributed by atoms with E-state index in [1.54, 1.807) is 6.20 Å². The van der Waals surface area contributed by atoms with Crippen LogP contribution in [0.2, 0.25) is 0 Å². The summed E-state index contributed by atoms with van der Waals surface area (Å²) < 4.78 is 26.2. The number of aryl methyl sites for hydroxylation is 1. The highest BCUT2D eigenvalue weighted by Gasteiger charge is 2.21. The third-order valence-electron chi connectivity index (χ3n) is 2.70. The van der Waals surface area contributed by atoms with Gasteiger partial charge in [-0.25, -0.2) is 18.1 Å². The molecule has 1 aliphatic heterocycles. The number of hydrogen-bond acceptors (Lipinski definition) is 5. The van der Waals surface area contributed by atoms with E-state index in [1.165, 1.54) is 11.3 Å². The first-order valence-corrected chi connectivity index (χ1v) is 8.14. The van der Waals surface area contributed by atoms with E-state index in [2.05, 4.69) is 15.0 Å². The van der Waals surface area contributed by atoms with Crippen molar-refractivity contribution in [2.75, 3.05) is 12.3 Å². The van der Waals surface area contributed by atoms with Gasteiger partial charge >= 0.3 is 0 Å². The molecule has 0 aliphatic carbocycles. The molecule has 0 aromatic carbocycles. The number of thiazole rings is 1. The van der Waals surface area contributed by atoms with Crippen molar-refractivity contribution in [1.82, 2.24) is 15.0 Å². The normalized spacial score (nSPS) is 20.9. The van der Waals surface area contributed by atoms with Crippen molar-refractivity contribution in [2.45, 2.75) is 32.4 Å². The predicted molar refractivity (Wildman–Crippen MR) is 68.5 cm³/mol. The van der Waals surface area contributed by atoms with Crippen molar-refractivity contribution in [2.24, 2.45) is 0 Å². The lowest BCUT2D eigenvalue weighted by molar-refractivity contribution is 0.563. The van der Waals surface area contributed by atoms with E-state index in [9.17, 15) is 8.42 Å². The average Bonchev–Trinajstić information content (AvgIpc) is 2.86. The Morgan fingerprint density at radius 3 is 3.06 bits per heavy atom. The van der Waals surface area contributed by atoms with Crippen LogP contribution in [-0.2, 0) is 16.6 Å². The molecule has 1 aliphatic rings. The first-order chi connectivity index (χ1) is 8.05. The Balaban J connectivity index is 1.84. The second kappa shape index (κ2) is 5.43. The van der Waals surface area contributed by atoms with Crippen LogP contribution in [0.15, 0.2) is 6.20 Å². The topological polar surface area (TPSA) is 71.1 Å². The largest absolute Gasteiger partial charge is 0.313 e. The molecular weight excluding hydrogens is 258 g/mol. The lowest BCUT2D eigenvalue weighted by Gasteiger charge is -2.10. The van der Waals surface area contributed by atoms with E-state index in [-0.39, 0.29) is 11.8 Å². The van der Waals surface area contributed by atoms with E-state index < -0.39 is 10.0 Å². The minimum absolute atomic E-state index is 0.102. The predicted octanol–water partition coefficient (Wildman–Crippen LogP) is 0.623. The molecule has 1 unspecified atom stereocenters. The molecule has 1 atom stereocenters. The maximum Gasteiger partial charge on any atom is 0.213 e. The summed E-state index contributed by atoms with van der Waals surface area (Å²) in [5.74, 6) is 0.164. The van der Waals surface area contributed by atoms with Crippen LogP contribution in [0.5, 0.6) is 0 Å². The fraction of sp³-hybridized carbons (Fsp3) is 0.700. The summed E-state index contributed by atoms with van der Waals surface area (Å²) in [4.78, 5) is 5.22. The minimum atomic E-state index is -3.20. The number of aromatic nitrogens is 1. The Morgan fingerprint density at radius 2 is 2.47 bits per heavy atom. The van der Waals surface area contributed by atoms with Crippen LogP contribution in [0, 0.1) is 6.92 Å². The number of hydrogen-bond donors (Lipinski definition) is 2. The molecule has 5 nitrogen and oxygen atoms in total. The highest BCUT2D eigenvalue weighted by Crippen LogP contribution is 2.11. The Morgan fingerprint density at radius 1 is 1.65 bits per heavy atom. The van der Waals surface area contributed by atoms with Crippen molar-refractivity contribution in [3.63, 3.8) is 0 Å². The third-order valence-corrected chi connectivity index (χ3v) is 5.03. The lowest BCUT2D eigenvalue weighted by Crippen LogP contribution is -2.36. The molecule has 0 bridgehead atoms. The van der Waals surface area contributed by atoms with Gasteiger partial charge in [-0.2, -0.15) is 0 Å². The molecule has 0 spiro atoms. The molecule has 0 radical (unpaired) electrons. The fourth-order valence-electron chi connectivity index (χ4n) is 1.88. The molecule has 96 valence electrons. The van der Waals surface area contributed by atoms with Crippen molar-refractivity contribution in [1.29, 1.82) is 0 Å². The second-order valence-corrected chi connectivity index (χ2v) is 7.43. The molecule has 1 aromatic rings. The minimum Gasteiger partial charge on any atom is -0.313 e. The summed E-state index contributed by atoms with van der Waals surface area (Å²) in [6.45, 7) is 3.18. The molecule has 0 amide bonds. The van der Waals surface area contributed by atoms with Crippen LogP contribution >= 0.6 is 11.3 Å². The van der Waals surface area contributed by atoms with Gasteiger partial charge in [-0.1, -0.05) is 0 Å². The summed E-state index contributed by atoms with van der Waals surface area (Å²) in [5, 5.41) is 3.99. The zero-order chi connectivity index (χ0) is 12.3. The molecule has 1 saturated heterocycles. The highest BCUT2D eigenvalue weighted by molar-refractivity contribution is 7.89. The molecule has 0 saturated carbocycles. The molecule has 2 heterocycles. The van der Waals surface area contributed by atoms with E-state index >= 15 is 0 Å². The van der Waals surface area contributed by atoms with Gasteiger partial charge in [-0.15, -0.1) is 11.3 Å². The molecule has 17 heavy (non-hydrogen) atoms. The van der Waals surface area contributed by atoms with Crippen LogP contribution < -0.4 is 10.0 Å². The summed E-state index contributed by atoms with van der Waals surface area (Å²) >= 11 is 1.52. The van der Waals surface area contributed by atoms with Gasteiger partial charge in [0.1, 0.15) is 5.01 Å². The van der Waals surface area contributed by atoms with Gasteiger partial charge < -0.3 is 5.32 Å². The van der Waals surface area contributed by atoms with Crippen molar-refractivity contribution < 1.29 is 8.42 Å². The molecule has 1 fully saturated rings. The van der Waals surface area contributed by atoms with Crippen LogP contribution in [0.4, 0.5) is 0 Å². The van der Waals surface area contributed by atoms with Crippen molar-refractivity contribution >= 4 is 21.4 Å². The number of rotatable bonds is 5. The van der Waals surface area contributed by atoms with E-state index in [0.29, 0.717) is 6.54 Å². The van der Waals surface area contributed by atoms with Gasteiger partial charge in [0.15, 0.2) is 0 Å². The molecule has 7 heteroatoms. The van der Waals surface area contributed by atoms with E-state index in [4.69, 9.17) is 0 Å². The van der Waals surface area contributed by atoms with Gasteiger partial charge in [0.2, 0.25) is 10.0 Å². The van der Waals surface area contributed by atoms with Crippen molar-refractivity contribution in [3.8, 4) is 0 Å². The van der Waals surface area contributed by atoms with E-state index in [0.717, 1.165) is 29.3 Å². The number of nitrogens with zero attached hydrogens (tertiary/aromatic N) is 1. The lowest BCUT2D eigenvalue weighted by atomic mass is 10.3. The summed E-state index contributed by atoms with van der Waals surface area (Å²) in [6, 6.07) is 0.102. The summed E-state index contributed by atoms with van der Waals surface area (Å²) in [7, 11) is -3.20. The first-order valence-electron chi connectivity index (χ1n) is 5.67. The van der Waals surface area contributed by atoms with Crippen LogP contribution in [0.25, 0.3) is 0 Å². The van der Waals surface area contributed by atoms with Gasteiger partial charge in [-0.05, 0) is 26.3 Å². The second-order valence-electron chi connectivity index (χ2n) is 4.26.